The molecule has 0 amide bonds. The number of imidazole rings is 1. The standard InChI is InChI=1S/C16H19Cl2N2O9P/c1-2-27-15(23)16(30(24,25)26)28-5-11-12(21)13(22)14(29-11)20-6-19-9-3-7(17)8(18)4-10(9)20/h3-4,6,11-14,16,21-22H,2,5H2,1H3,(H2,24,25,26)/t11-,12+,13-,14-,16+/m1/s1. The minimum absolute atomic E-state index is 0.109. The van der Waals surface area contributed by atoms with Crippen molar-refractivity contribution >= 4 is 47.8 Å². The molecule has 30 heavy (non-hydrogen) atoms. The number of fused-ring (bicyclic) bond motifs is 1. The summed E-state index contributed by atoms with van der Waals surface area (Å²) < 4.78 is 28.2. The van der Waals surface area contributed by atoms with Crippen molar-refractivity contribution in [2.45, 2.75) is 37.3 Å². The van der Waals surface area contributed by atoms with Crippen LogP contribution in [-0.4, -0.2) is 72.9 Å². The molecule has 0 radical (unpaired) electrons. The molecule has 4 N–H and O–H groups in total. The number of hydrogen-bond acceptors (Lipinski definition) is 8. The first-order valence-electron chi connectivity index (χ1n) is 8.71. The van der Waals surface area contributed by atoms with Crippen molar-refractivity contribution in [2.24, 2.45) is 0 Å². The van der Waals surface area contributed by atoms with Gasteiger partial charge in [0.05, 0.1) is 40.6 Å². The number of carbonyl (C=O) groups excluding carboxylic acids is 1. The average molecular weight is 485 g/mol. The van der Waals surface area contributed by atoms with Gasteiger partial charge in [-0.3, -0.25) is 4.57 Å². The third-order valence-corrected chi connectivity index (χ3v) is 6.13. The first-order chi connectivity index (χ1) is 14.0. The zero-order valence-electron chi connectivity index (χ0n) is 15.5. The molecule has 5 atom stereocenters. The predicted molar refractivity (Wildman–Crippen MR) is 104 cm³/mol. The maximum Gasteiger partial charge on any atom is 0.365 e. The van der Waals surface area contributed by atoms with Crippen LogP contribution in [0.5, 0.6) is 0 Å². The van der Waals surface area contributed by atoms with E-state index in [0.29, 0.717) is 11.0 Å². The molecule has 14 heteroatoms. The van der Waals surface area contributed by atoms with Gasteiger partial charge in [-0.15, -0.1) is 0 Å². The summed E-state index contributed by atoms with van der Waals surface area (Å²) in [6.45, 7) is 0.763. The van der Waals surface area contributed by atoms with Crippen molar-refractivity contribution in [3.63, 3.8) is 0 Å². The van der Waals surface area contributed by atoms with Gasteiger partial charge in [0.1, 0.15) is 18.3 Å². The molecule has 2 heterocycles. The van der Waals surface area contributed by atoms with E-state index in [0.717, 1.165) is 0 Å². The van der Waals surface area contributed by atoms with Crippen molar-refractivity contribution in [3.8, 4) is 0 Å². The van der Waals surface area contributed by atoms with E-state index in [1.54, 1.807) is 0 Å². The maximum absolute atomic E-state index is 11.8. The van der Waals surface area contributed by atoms with E-state index < -0.39 is 50.6 Å². The van der Waals surface area contributed by atoms with Crippen molar-refractivity contribution in [2.75, 3.05) is 13.2 Å². The smallest absolute Gasteiger partial charge is 0.365 e. The Kier molecular flexibility index (Phi) is 7.08. The lowest BCUT2D eigenvalue weighted by molar-refractivity contribution is -0.155. The maximum atomic E-state index is 11.8. The number of aromatic nitrogens is 2. The fourth-order valence-corrected chi connectivity index (χ4v) is 3.97. The molecular weight excluding hydrogens is 466 g/mol. The zero-order chi connectivity index (χ0) is 22.2. The van der Waals surface area contributed by atoms with Crippen molar-refractivity contribution in [3.05, 3.63) is 28.5 Å². The van der Waals surface area contributed by atoms with Gasteiger partial charge in [-0.25, -0.2) is 9.78 Å². The topological polar surface area (TPSA) is 161 Å². The highest BCUT2D eigenvalue weighted by molar-refractivity contribution is 7.53. The second-order valence-electron chi connectivity index (χ2n) is 6.48. The van der Waals surface area contributed by atoms with Gasteiger partial charge in [0.2, 0.25) is 0 Å². The Hall–Kier alpha value is -1.27. The molecule has 1 saturated heterocycles. The second-order valence-corrected chi connectivity index (χ2v) is 8.94. The second kappa shape index (κ2) is 9.07. The highest BCUT2D eigenvalue weighted by Gasteiger charge is 2.46. The molecule has 2 aromatic rings. The molecular formula is C16H19Cl2N2O9P. The van der Waals surface area contributed by atoms with Crippen LogP contribution in [0.4, 0.5) is 0 Å². The van der Waals surface area contributed by atoms with Crippen molar-refractivity contribution < 1.29 is 43.6 Å². The number of rotatable bonds is 7. The van der Waals surface area contributed by atoms with Crippen LogP contribution in [0.1, 0.15) is 13.2 Å². The zero-order valence-corrected chi connectivity index (χ0v) is 17.9. The minimum Gasteiger partial charge on any atom is -0.464 e. The normalized spacial score (nSPS) is 25.6. The lowest BCUT2D eigenvalue weighted by Crippen LogP contribution is -2.36. The SMILES string of the molecule is CCOC(=O)[C@@H](OC[C@H]1O[C@@H](n2cnc3cc(Cl)c(Cl)cc32)[C@H](O)[C@H]1O)P(=O)(O)O. The van der Waals surface area contributed by atoms with Gasteiger partial charge in [0, 0.05) is 0 Å². The van der Waals surface area contributed by atoms with E-state index >= 15 is 0 Å². The Labute approximate surface area is 180 Å². The lowest BCUT2D eigenvalue weighted by Gasteiger charge is -2.21. The summed E-state index contributed by atoms with van der Waals surface area (Å²) >= 11 is 12.0. The molecule has 1 aliphatic rings. The lowest BCUT2D eigenvalue weighted by atomic mass is 10.1. The summed E-state index contributed by atoms with van der Waals surface area (Å²) in [5.41, 5.74) is 0.945. The van der Waals surface area contributed by atoms with Crippen LogP contribution >= 0.6 is 30.8 Å². The third-order valence-electron chi connectivity index (χ3n) is 4.44. The summed E-state index contributed by atoms with van der Waals surface area (Å²) in [6.07, 6.45) is -3.85. The average Bonchev–Trinajstić information content (AvgIpc) is 3.17. The van der Waals surface area contributed by atoms with Crippen molar-refractivity contribution in [1.82, 2.24) is 9.55 Å². The number of hydrogen-bond donors (Lipinski definition) is 4. The molecule has 1 aromatic carbocycles. The summed E-state index contributed by atoms with van der Waals surface area (Å²) in [5.74, 6) is -3.43. The molecule has 1 fully saturated rings. The van der Waals surface area contributed by atoms with Crippen LogP contribution in [0, 0.1) is 0 Å². The van der Waals surface area contributed by atoms with E-state index in [4.69, 9.17) is 32.7 Å². The van der Waals surface area contributed by atoms with E-state index in [1.807, 2.05) is 0 Å². The van der Waals surface area contributed by atoms with Crippen LogP contribution in [0.2, 0.25) is 10.0 Å². The number of benzene rings is 1. The first kappa shape index (κ1) is 23.4. The number of ether oxygens (including phenoxy) is 3. The van der Waals surface area contributed by atoms with Gasteiger partial charge < -0.3 is 38.8 Å². The van der Waals surface area contributed by atoms with Gasteiger partial charge in [0.15, 0.2) is 6.23 Å². The molecule has 166 valence electrons. The van der Waals surface area contributed by atoms with Crippen LogP contribution in [0.3, 0.4) is 0 Å². The van der Waals surface area contributed by atoms with Crippen LogP contribution in [0.15, 0.2) is 18.5 Å². The Morgan fingerprint density at radius 2 is 1.97 bits per heavy atom. The Bertz CT molecular complexity index is 981. The fourth-order valence-electron chi connectivity index (χ4n) is 3.02. The summed E-state index contributed by atoms with van der Waals surface area (Å²) in [7, 11) is -5.00. The van der Waals surface area contributed by atoms with Crippen LogP contribution in [0.25, 0.3) is 11.0 Å². The Morgan fingerprint density at radius 3 is 2.60 bits per heavy atom. The monoisotopic (exact) mass is 484 g/mol. The Balaban J connectivity index is 1.78. The largest absolute Gasteiger partial charge is 0.464 e. The van der Waals surface area contributed by atoms with Gasteiger partial charge in [0.25, 0.3) is 5.85 Å². The number of aliphatic hydroxyl groups excluding tert-OH is 2. The number of esters is 1. The molecule has 0 saturated carbocycles. The van der Waals surface area contributed by atoms with Crippen LogP contribution in [-0.2, 0) is 23.6 Å². The van der Waals surface area contributed by atoms with Crippen LogP contribution < -0.4 is 0 Å². The molecule has 11 nitrogen and oxygen atoms in total. The predicted octanol–water partition coefficient (Wildman–Crippen LogP) is 1.05. The highest BCUT2D eigenvalue weighted by Crippen LogP contribution is 2.43. The minimum atomic E-state index is -5.00. The molecule has 0 spiro atoms. The Morgan fingerprint density at radius 1 is 1.30 bits per heavy atom. The highest BCUT2D eigenvalue weighted by atomic mass is 35.5. The van der Waals surface area contributed by atoms with Gasteiger partial charge in [-0.1, -0.05) is 23.2 Å². The number of nitrogens with zero attached hydrogens (tertiary/aromatic N) is 2. The molecule has 3 rings (SSSR count). The van der Waals surface area contributed by atoms with Gasteiger partial charge >= 0.3 is 13.6 Å². The molecule has 1 aliphatic heterocycles. The number of halogens is 2. The van der Waals surface area contributed by atoms with E-state index in [-0.39, 0.29) is 16.7 Å². The van der Waals surface area contributed by atoms with Gasteiger partial charge in [-0.05, 0) is 19.1 Å². The third kappa shape index (κ3) is 4.64. The number of carbonyl (C=O) groups is 1. The fraction of sp³-hybridized carbons (Fsp3) is 0.500. The van der Waals surface area contributed by atoms with E-state index in [2.05, 4.69) is 9.72 Å². The molecule has 1 aromatic heterocycles. The molecule has 0 bridgehead atoms. The number of aliphatic hydroxyl groups is 2. The van der Waals surface area contributed by atoms with Gasteiger partial charge in [-0.2, -0.15) is 0 Å². The molecule has 0 unspecified atom stereocenters. The summed E-state index contributed by atoms with van der Waals surface area (Å²) in [5, 5.41) is 21.3. The first-order valence-corrected chi connectivity index (χ1v) is 11.1. The quantitative estimate of drug-likeness (QED) is 0.330. The van der Waals surface area contributed by atoms with Crippen molar-refractivity contribution in [1.29, 1.82) is 0 Å². The molecule has 0 aliphatic carbocycles. The van der Waals surface area contributed by atoms with E-state index in [9.17, 15) is 29.4 Å². The summed E-state index contributed by atoms with van der Waals surface area (Å²) in [6, 6.07) is 3.04. The van der Waals surface area contributed by atoms with E-state index in [1.165, 1.54) is 30.0 Å². The summed E-state index contributed by atoms with van der Waals surface area (Å²) in [4.78, 5) is 34.6.